The Balaban J connectivity index is 1.53. The fraction of sp³-hybridized carbons (Fsp3) is 0.278. The van der Waals surface area contributed by atoms with Gasteiger partial charge < -0.3 is 9.47 Å². The molecule has 2 aromatic rings. The van der Waals surface area contributed by atoms with Crippen LogP contribution >= 0.6 is 0 Å². The van der Waals surface area contributed by atoms with E-state index in [0.717, 1.165) is 12.8 Å². The number of hydrogen-bond donors (Lipinski definition) is 1. The van der Waals surface area contributed by atoms with Gasteiger partial charge in [-0.25, -0.2) is 8.42 Å². The van der Waals surface area contributed by atoms with Crippen molar-refractivity contribution < 1.29 is 22.7 Å². The van der Waals surface area contributed by atoms with Crippen molar-refractivity contribution in [3.8, 4) is 11.5 Å². The third kappa shape index (κ3) is 3.32. The molecular weight excluding hydrogens is 342 g/mol. The van der Waals surface area contributed by atoms with Crippen molar-refractivity contribution in [2.45, 2.75) is 17.7 Å². The van der Waals surface area contributed by atoms with E-state index in [2.05, 4.69) is 4.72 Å². The summed E-state index contributed by atoms with van der Waals surface area (Å²) in [5.41, 5.74) is 1.02. The lowest BCUT2D eigenvalue weighted by molar-refractivity contribution is 0.0967. The second-order valence-corrected chi connectivity index (χ2v) is 7.81. The van der Waals surface area contributed by atoms with Gasteiger partial charge in [0.1, 0.15) is 13.2 Å². The van der Waals surface area contributed by atoms with E-state index in [1.54, 1.807) is 30.3 Å². The first-order chi connectivity index (χ1) is 12.0. The molecule has 4 rings (SSSR count). The predicted octanol–water partition coefficient (Wildman–Crippen LogP) is 2.85. The summed E-state index contributed by atoms with van der Waals surface area (Å²) in [4.78, 5) is 12.1. The third-order valence-electron chi connectivity index (χ3n) is 4.19. The van der Waals surface area contributed by atoms with E-state index in [9.17, 15) is 13.2 Å². The van der Waals surface area contributed by atoms with Gasteiger partial charge in [-0.05, 0) is 49.2 Å². The summed E-state index contributed by atoms with van der Waals surface area (Å²) in [5, 5.41) is 0. The number of anilines is 1. The summed E-state index contributed by atoms with van der Waals surface area (Å²) < 4.78 is 38.4. The van der Waals surface area contributed by atoms with E-state index in [-0.39, 0.29) is 16.6 Å². The summed E-state index contributed by atoms with van der Waals surface area (Å²) in [7, 11) is -3.75. The van der Waals surface area contributed by atoms with Crippen molar-refractivity contribution in [2.24, 2.45) is 5.92 Å². The zero-order valence-electron chi connectivity index (χ0n) is 13.4. The minimum Gasteiger partial charge on any atom is -0.486 e. The Labute approximate surface area is 145 Å². The summed E-state index contributed by atoms with van der Waals surface area (Å²) in [6.45, 7) is 0.837. The van der Waals surface area contributed by atoms with Crippen molar-refractivity contribution in [3.63, 3.8) is 0 Å². The molecule has 6 nitrogen and oxygen atoms in total. The van der Waals surface area contributed by atoms with Crippen LogP contribution < -0.4 is 14.2 Å². The molecule has 0 bridgehead atoms. The Hall–Kier alpha value is -2.54. The quantitative estimate of drug-likeness (QED) is 0.830. The van der Waals surface area contributed by atoms with Crippen LogP contribution in [-0.4, -0.2) is 27.4 Å². The van der Waals surface area contributed by atoms with Gasteiger partial charge in [-0.2, -0.15) is 0 Å². The van der Waals surface area contributed by atoms with E-state index in [4.69, 9.17) is 9.47 Å². The van der Waals surface area contributed by atoms with E-state index >= 15 is 0 Å². The van der Waals surface area contributed by atoms with Crippen LogP contribution in [0.25, 0.3) is 0 Å². The lowest BCUT2D eigenvalue weighted by atomic mass is 10.1. The SMILES string of the molecule is O=C(c1ccc(NS(=O)(=O)c2ccc3c(c2)OCCO3)cc1)C1CC1. The van der Waals surface area contributed by atoms with Crippen LogP contribution in [-0.2, 0) is 10.0 Å². The minimum absolute atomic E-state index is 0.0925. The maximum absolute atomic E-state index is 12.5. The summed E-state index contributed by atoms with van der Waals surface area (Å²) in [6.07, 6.45) is 1.88. The number of ketones is 1. The normalized spacial score (nSPS) is 16.3. The molecule has 0 amide bonds. The highest BCUT2D eigenvalue weighted by atomic mass is 32.2. The molecule has 1 saturated carbocycles. The number of carbonyl (C=O) groups excluding carboxylic acids is 1. The van der Waals surface area contributed by atoms with Gasteiger partial charge in [0.25, 0.3) is 10.0 Å². The zero-order valence-corrected chi connectivity index (χ0v) is 14.2. The first-order valence-electron chi connectivity index (χ1n) is 8.10. The highest BCUT2D eigenvalue weighted by molar-refractivity contribution is 7.92. The summed E-state index contributed by atoms with van der Waals surface area (Å²) >= 11 is 0. The molecule has 1 fully saturated rings. The second-order valence-electron chi connectivity index (χ2n) is 6.13. The van der Waals surface area contributed by atoms with Crippen molar-refractivity contribution in [3.05, 3.63) is 48.0 Å². The Morgan fingerprint density at radius 3 is 2.32 bits per heavy atom. The zero-order chi connectivity index (χ0) is 17.4. The molecule has 130 valence electrons. The minimum atomic E-state index is -3.75. The van der Waals surface area contributed by atoms with Gasteiger partial charge in [0.15, 0.2) is 17.3 Å². The van der Waals surface area contributed by atoms with Gasteiger partial charge >= 0.3 is 0 Å². The Morgan fingerprint density at radius 2 is 1.64 bits per heavy atom. The van der Waals surface area contributed by atoms with Gasteiger partial charge in [-0.15, -0.1) is 0 Å². The van der Waals surface area contributed by atoms with E-state index in [0.29, 0.717) is 36.0 Å². The Kier molecular flexibility index (Phi) is 3.88. The summed E-state index contributed by atoms with van der Waals surface area (Å²) in [6, 6.07) is 11.0. The van der Waals surface area contributed by atoms with E-state index < -0.39 is 10.0 Å². The fourth-order valence-corrected chi connectivity index (χ4v) is 3.76. The molecule has 0 aromatic heterocycles. The smallest absolute Gasteiger partial charge is 0.262 e. The van der Waals surface area contributed by atoms with Crippen LogP contribution in [0.2, 0.25) is 0 Å². The molecule has 25 heavy (non-hydrogen) atoms. The number of nitrogens with one attached hydrogen (secondary N) is 1. The molecule has 1 aliphatic carbocycles. The topological polar surface area (TPSA) is 81.7 Å². The molecule has 7 heteroatoms. The molecule has 0 atom stereocenters. The number of Topliss-reactive ketones (excluding diaryl/α,β-unsaturated/α-hetero) is 1. The van der Waals surface area contributed by atoms with Crippen molar-refractivity contribution >= 4 is 21.5 Å². The van der Waals surface area contributed by atoms with E-state index in [1.807, 2.05) is 0 Å². The molecule has 0 unspecified atom stereocenters. The van der Waals surface area contributed by atoms with Crippen LogP contribution in [0, 0.1) is 5.92 Å². The molecule has 1 aliphatic heterocycles. The van der Waals surface area contributed by atoms with Gasteiger partial charge in [-0.1, -0.05) is 0 Å². The number of sulfonamides is 1. The van der Waals surface area contributed by atoms with Crippen molar-refractivity contribution in [1.82, 2.24) is 0 Å². The van der Waals surface area contributed by atoms with Crippen LogP contribution in [0.5, 0.6) is 11.5 Å². The number of rotatable bonds is 5. The van der Waals surface area contributed by atoms with Crippen LogP contribution in [0.15, 0.2) is 47.4 Å². The van der Waals surface area contributed by atoms with Crippen LogP contribution in [0.4, 0.5) is 5.69 Å². The van der Waals surface area contributed by atoms with Gasteiger partial charge in [0.05, 0.1) is 4.90 Å². The number of carbonyl (C=O) groups is 1. The van der Waals surface area contributed by atoms with Crippen molar-refractivity contribution in [1.29, 1.82) is 0 Å². The average molecular weight is 359 g/mol. The van der Waals surface area contributed by atoms with Gasteiger partial charge in [0.2, 0.25) is 0 Å². The second kappa shape index (κ2) is 6.07. The van der Waals surface area contributed by atoms with Crippen LogP contribution in [0.3, 0.4) is 0 Å². The molecule has 0 radical (unpaired) electrons. The fourth-order valence-electron chi connectivity index (χ4n) is 2.69. The maximum atomic E-state index is 12.5. The molecule has 2 aliphatic rings. The monoisotopic (exact) mass is 359 g/mol. The molecule has 2 aromatic carbocycles. The highest BCUT2D eigenvalue weighted by Gasteiger charge is 2.30. The summed E-state index contributed by atoms with van der Waals surface area (Å²) in [5.74, 6) is 1.22. The number of ether oxygens (including phenoxy) is 2. The Morgan fingerprint density at radius 1 is 0.960 bits per heavy atom. The average Bonchev–Trinajstić information content (AvgIpc) is 3.46. The molecule has 0 saturated heterocycles. The largest absolute Gasteiger partial charge is 0.486 e. The van der Waals surface area contributed by atoms with Gasteiger partial charge in [-0.3, -0.25) is 9.52 Å². The van der Waals surface area contributed by atoms with Crippen LogP contribution in [0.1, 0.15) is 23.2 Å². The maximum Gasteiger partial charge on any atom is 0.262 e. The lowest BCUT2D eigenvalue weighted by Crippen LogP contribution is -2.17. The van der Waals surface area contributed by atoms with Gasteiger partial charge in [0, 0.05) is 23.2 Å². The number of benzene rings is 2. The predicted molar refractivity (Wildman–Crippen MR) is 91.7 cm³/mol. The third-order valence-corrected chi connectivity index (χ3v) is 5.57. The van der Waals surface area contributed by atoms with Crippen molar-refractivity contribution in [2.75, 3.05) is 17.9 Å². The van der Waals surface area contributed by atoms with E-state index in [1.165, 1.54) is 12.1 Å². The first kappa shape index (κ1) is 16.0. The molecule has 0 spiro atoms. The molecule has 1 N–H and O–H groups in total. The first-order valence-corrected chi connectivity index (χ1v) is 9.58. The molecular formula is C18H17NO5S. The number of hydrogen-bond acceptors (Lipinski definition) is 5. The lowest BCUT2D eigenvalue weighted by Gasteiger charge is -2.19. The molecule has 1 heterocycles. The standard InChI is InChI=1S/C18H17NO5S/c20-18(12-1-2-12)13-3-5-14(6-4-13)19-25(21,22)15-7-8-16-17(11-15)24-10-9-23-16/h3-8,11-12,19H,1-2,9-10H2. The Bertz CT molecular complexity index is 917. The highest BCUT2D eigenvalue weighted by Crippen LogP contribution is 2.34. The number of fused-ring (bicyclic) bond motifs is 1.